The maximum Gasteiger partial charge on any atom is 0.238 e. The van der Waals surface area contributed by atoms with Crippen molar-refractivity contribution >= 4 is 17.5 Å². The van der Waals surface area contributed by atoms with E-state index in [-0.39, 0.29) is 17.7 Å². The first-order valence-electron chi connectivity index (χ1n) is 8.99. The Hall–Kier alpha value is -1.92. The Morgan fingerprint density at radius 1 is 1.16 bits per heavy atom. The van der Waals surface area contributed by atoms with E-state index < -0.39 is 0 Å². The van der Waals surface area contributed by atoms with Gasteiger partial charge >= 0.3 is 0 Å². The van der Waals surface area contributed by atoms with Gasteiger partial charge in [-0.25, -0.2) is 0 Å². The Labute approximate surface area is 149 Å². The number of para-hydroxylation sites is 1. The number of rotatable bonds is 4. The summed E-state index contributed by atoms with van der Waals surface area (Å²) in [6, 6.07) is 5.99. The van der Waals surface area contributed by atoms with Crippen LogP contribution < -0.4 is 5.32 Å². The molecule has 0 bridgehead atoms. The van der Waals surface area contributed by atoms with Crippen molar-refractivity contribution in [3.63, 3.8) is 0 Å². The number of hydrogen-bond acceptors (Lipinski definition) is 4. The highest BCUT2D eigenvalue weighted by Gasteiger charge is 2.30. The van der Waals surface area contributed by atoms with Crippen molar-refractivity contribution in [3.8, 4) is 0 Å². The molecular weight excluding hydrogens is 318 g/mol. The standard InChI is InChI=1S/C19H27N3O3/c1-14-4-3-5-15(2)18(14)20-17(23)12-21-7-9-22(10-8-21)19(24)16-6-11-25-13-16/h3-5,16H,6-13H2,1-2H3,(H,20,23). The molecular formula is C19H27N3O3. The SMILES string of the molecule is Cc1cccc(C)c1NC(=O)CN1CCN(C(=O)C2CCOC2)CC1. The number of carbonyl (C=O) groups is 2. The summed E-state index contributed by atoms with van der Waals surface area (Å²) in [5, 5.41) is 3.03. The summed E-state index contributed by atoms with van der Waals surface area (Å²) in [4.78, 5) is 28.8. The number of aryl methyl sites for hydroxylation is 2. The lowest BCUT2D eigenvalue weighted by Gasteiger charge is -2.35. The zero-order valence-electron chi connectivity index (χ0n) is 15.1. The van der Waals surface area contributed by atoms with Gasteiger partial charge in [-0.2, -0.15) is 0 Å². The highest BCUT2D eigenvalue weighted by molar-refractivity contribution is 5.93. The van der Waals surface area contributed by atoms with E-state index in [1.165, 1.54) is 0 Å². The van der Waals surface area contributed by atoms with Crippen LogP contribution in [0, 0.1) is 19.8 Å². The predicted octanol–water partition coefficient (Wildman–Crippen LogP) is 1.42. The summed E-state index contributed by atoms with van der Waals surface area (Å²) in [5.74, 6) is 0.234. The van der Waals surface area contributed by atoms with E-state index in [9.17, 15) is 9.59 Å². The van der Waals surface area contributed by atoms with Gasteiger partial charge in [0.2, 0.25) is 11.8 Å². The summed E-state index contributed by atoms with van der Waals surface area (Å²) >= 11 is 0. The molecule has 3 rings (SSSR count). The monoisotopic (exact) mass is 345 g/mol. The highest BCUT2D eigenvalue weighted by Crippen LogP contribution is 2.20. The Bertz CT molecular complexity index is 613. The number of nitrogens with one attached hydrogen (secondary N) is 1. The first-order chi connectivity index (χ1) is 12.0. The molecule has 136 valence electrons. The third-order valence-corrected chi connectivity index (χ3v) is 5.08. The van der Waals surface area contributed by atoms with E-state index in [4.69, 9.17) is 4.74 Å². The number of benzene rings is 1. The first kappa shape index (κ1) is 17.9. The van der Waals surface area contributed by atoms with Crippen molar-refractivity contribution in [3.05, 3.63) is 29.3 Å². The van der Waals surface area contributed by atoms with Crippen LogP contribution in [0.1, 0.15) is 17.5 Å². The van der Waals surface area contributed by atoms with E-state index in [0.717, 1.165) is 36.3 Å². The van der Waals surface area contributed by atoms with Crippen LogP contribution in [0.3, 0.4) is 0 Å². The third kappa shape index (κ3) is 4.38. The van der Waals surface area contributed by atoms with Crippen LogP contribution in [0.2, 0.25) is 0 Å². The maximum absolute atomic E-state index is 12.4. The molecule has 2 aliphatic rings. The molecule has 0 aromatic heterocycles. The minimum atomic E-state index is 0.00127. The Morgan fingerprint density at radius 3 is 2.44 bits per heavy atom. The summed E-state index contributed by atoms with van der Waals surface area (Å²) < 4.78 is 5.31. The molecule has 1 aromatic rings. The molecule has 2 heterocycles. The number of carbonyl (C=O) groups excluding carboxylic acids is 2. The van der Waals surface area contributed by atoms with E-state index in [0.29, 0.717) is 32.8 Å². The molecule has 2 aliphatic heterocycles. The molecule has 6 heteroatoms. The number of anilines is 1. The second-order valence-electron chi connectivity index (χ2n) is 6.98. The topological polar surface area (TPSA) is 61.9 Å². The molecule has 1 N–H and O–H groups in total. The van der Waals surface area contributed by atoms with Crippen LogP contribution >= 0.6 is 0 Å². The largest absolute Gasteiger partial charge is 0.381 e. The summed E-state index contributed by atoms with van der Waals surface area (Å²) in [7, 11) is 0. The fraction of sp³-hybridized carbons (Fsp3) is 0.579. The second kappa shape index (κ2) is 7.97. The van der Waals surface area contributed by atoms with Gasteiger partial charge in [-0.15, -0.1) is 0 Å². The quantitative estimate of drug-likeness (QED) is 0.897. The van der Waals surface area contributed by atoms with Gasteiger partial charge in [-0.1, -0.05) is 18.2 Å². The van der Waals surface area contributed by atoms with Crippen LogP contribution in [0.15, 0.2) is 18.2 Å². The maximum atomic E-state index is 12.4. The van der Waals surface area contributed by atoms with Crippen molar-refractivity contribution < 1.29 is 14.3 Å². The lowest BCUT2D eigenvalue weighted by molar-refractivity contribution is -0.137. The normalized spacial score (nSPS) is 21.4. The van der Waals surface area contributed by atoms with Gasteiger partial charge in [0.15, 0.2) is 0 Å². The van der Waals surface area contributed by atoms with E-state index in [2.05, 4.69) is 10.2 Å². The molecule has 2 amide bonds. The van der Waals surface area contributed by atoms with Gasteiger partial charge in [-0.3, -0.25) is 14.5 Å². The predicted molar refractivity (Wildman–Crippen MR) is 96.5 cm³/mol. The van der Waals surface area contributed by atoms with E-state index in [1.807, 2.05) is 36.9 Å². The molecule has 1 atom stereocenters. The highest BCUT2D eigenvalue weighted by atomic mass is 16.5. The fourth-order valence-electron chi connectivity index (χ4n) is 3.51. The van der Waals surface area contributed by atoms with Crippen LogP contribution in [0.5, 0.6) is 0 Å². The molecule has 0 aliphatic carbocycles. The average Bonchev–Trinajstić information content (AvgIpc) is 3.13. The Kier molecular flexibility index (Phi) is 5.71. The molecule has 2 saturated heterocycles. The van der Waals surface area contributed by atoms with Crippen LogP contribution in [0.25, 0.3) is 0 Å². The van der Waals surface area contributed by atoms with E-state index in [1.54, 1.807) is 0 Å². The van der Waals surface area contributed by atoms with Crippen molar-refractivity contribution in [1.29, 1.82) is 0 Å². The van der Waals surface area contributed by atoms with Gasteiger partial charge < -0.3 is 15.0 Å². The molecule has 2 fully saturated rings. The van der Waals surface area contributed by atoms with Gasteiger partial charge in [0.25, 0.3) is 0 Å². The van der Waals surface area contributed by atoms with Crippen LogP contribution in [0.4, 0.5) is 5.69 Å². The molecule has 1 aromatic carbocycles. The summed E-state index contributed by atoms with van der Waals surface area (Å²) in [6.45, 7) is 8.45. The van der Waals surface area contributed by atoms with Crippen molar-refractivity contribution in [2.24, 2.45) is 5.92 Å². The Balaban J connectivity index is 1.47. The number of piperazine rings is 1. The average molecular weight is 345 g/mol. The molecule has 0 saturated carbocycles. The first-order valence-corrected chi connectivity index (χ1v) is 8.99. The van der Waals surface area contributed by atoms with E-state index >= 15 is 0 Å². The zero-order chi connectivity index (χ0) is 17.8. The third-order valence-electron chi connectivity index (χ3n) is 5.08. The number of amides is 2. The van der Waals surface area contributed by atoms with Gasteiger partial charge in [0.05, 0.1) is 19.1 Å². The van der Waals surface area contributed by atoms with Crippen molar-refractivity contribution in [1.82, 2.24) is 9.80 Å². The second-order valence-corrected chi connectivity index (χ2v) is 6.98. The minimum absolute atomic E-state index is 0.00127. The van der Waals surface area contributed by atoms with Crippen LogP contribution in [-0.4, -0.2) is 67.6 Å². The molecule has 0 radical (unpaired) electrons. The number of nitrogens with zero attached hydrogens (tertiary/aromatic N) is 2. The number of ether oxygens (including phenoxy) is 1. The van der Waals surface area contributed by atoms with Crippen molar-refractivity contribution in [2.45, 2.75) is 20.3 Å². The van der Waals surface area contributed by atoms with Crippen molar-refractivity contribution in [2.75, 3.05) is 51.3 Å². The number of hydrogen-bond donors (Lipinski definition) is 1. The van der Waals surface area contributed by atoms with Crippen LogP contribution in [-0.2, 0) is 14.3 Å². The van der Waals surface area contributed by atoms with Gasteiger partial charge in [0.1, 0.15) is 0 Å². The Morgan fingerprint density at radius 2 is 1.84 bits per heavy atom. The van der Waals surface area contributed by atoms with Gasteiger partial charge in [0, 0.05) is 38.5 Å². The molecule has 0 spiro atoms. The molecule has 25 heavy (non-hydrogen) atoms. The minimum Gasteiger partial charge on any atom is -0.381 e. The summed E-state index contributed by atoms with van der Waals surface area (Å²) in [5.41, 5.74) is 3.05. The smallest absolute Gasteiger partial charge is 0.238 e. The fourth-order valence-corrected chi connectivity index (χ4v) is 3.51. The van der Waals surface area contributed by atoms with Gasteiger partial charge in [-0.05, 0) is 31.4 Å². The molecule has 6 nitrogen and oxygen atoms in total. The molecule has 1 unspecified atom stereocenters. The summed E-state index contributed by atoms with van der Waals surface area (Å²) in [6.07, 6.45) is 0.831. The lowest BCUT2D eigenvalue weighted by Crippen LogP contribution is -2.51. The lowest BCUT2D eigenvalue weighted by atomic mass is 10.1. The zero-order valence-corrected chi connectivity index (χ0v) is 15.1.